The Balaban J connectivity index is 1.38. The number of H-pyrrole nitrogens is 2. The summed E-state index contributed by atoms with van der Waals surface area (Å²) < 4.78 is 5.05. The molecule has 3 N–H and O–H groups in total. The summed E-state index contributed by atoms with van der Waals surface area (Å²) in [6.07, 6.45) is 1.70. The first-order valence-corrected chi connectivity index (χ1v) is 9.03. The molecular weight excluding hydrogens is 358 g/mol. The van der Waals surface area contributed by atoms with Gasteiger partial charge in [0.15, 0.2) is 0 Å². The van der Waals surface area contributed by atoms with Crippen molar-refractivity contribution in [2.45, 2.75) is 25.8 Å². The summed E-state index contributed by atoms with van der Waals surface area (Å²) in [5.41, 5.74) is 4.70. The van der Waals surface area contributed by atoms with Gasteiger partial charge in [0.05, 0.1) is 17.1 Å². The molecule has 0 aliphatic heterocycles. The first-order chi connectivity index (χ1) is 13.6. The van der Waals surface area contributed by atoms with Gasteiger partial charge in [-0.3, -0.25) is 4.79 Å². The normalized spacial score (nSPS) is 15.7. The van der Waals surface area contributed by atoms with Crippen molar-refractivity contribution in [3.05, 3.63) is 69.5 Å². The Morgan fingerprint density at radius 3 is 2.86 bits per heavy atom. The predicted molar refractivity (Wildman–Crippen MR) is 102 cm³/mol. The Hall–Kier alpha value is -3.68. The van der Waals surface area contributed by atoms with E-state index in [1.807, 2.05) is 12.1 Å². The van der Waals surface area contributed by atoms with Crippen molar-refractivity contribution in [1.82, 2.24) is 25.4 Å². The lowest BCUT2D eigenvalue weighted by molar-refractivity contribution is 0.0937. The number of nitrogens with zero attached hydrogens (tertiary/aromatic N) is 2. The molecule has 8 heteroatoms. The van der Waals surface area contributed by atoms with E-state index in [1.165, 1.54) is 5.56 Å². The number of aromatic amines is 2. The maximum atomic E-state index is 12.7. The van der Waals surface area contributed by atoms with Crippen LogP contribution in [0.2, 0.25) is 0 Å². The van der Waals surface area contributed by atoms with Crippen LogP contribution in [0, 0.1) is 6.92 Å². The smallest absolute Gasteiger partial charge is 0.323 e. The van der Waals surface area contributed by atoms with E-state index in [0.29, 0.717) is 28.3 Å². The summed E-state index contributed by atoms with van der Waals surface area (Å²) in [5, 5.41) is 7.06. The highest BCUT2D eigenvalue weighted by atomic mass is 16.5. The monoisotopic (exact) mass is 375 g/mol. The van der Waals surface area contributed by atoms with Crippen LogP contribution in [0.3, 0.4) is 0 Å². The van der Waals surface area contributed by atoms with E-state index in [1.54, 1.807) is 25.1 Å². The average molecular weight is 375 g/mol. The van der Waals surface area contributed by atoms with Gasteiger partial charge < -0.3 is 19.8 Å². The van der Waals surface area contributed by atoms with E-state index < -0.39 is 0 Å². The number of fused-ring (bicyclic) bond motifs is 2. The van der Waals surface area contributed by atoms with Gasteiger partial charge in [-0.15, -0.1) is 0 Å². The standard InChI is InChI=1S/C20H17N5O3/c1-10-21-18(25-28-10)12-2-5-14-11(8-12)3-6-15(14)22-19(26)13-4-7-16-17(9-13)24-20(27)23-16/h2,4-5,7-9,15H,3,6H2,1H3,(H,22,26)(H2,23,24,27)/t15-/m1/s1. The van der Waals surface area contributed by atoms with Crippen LogP contribution in [0.15, 0.2) is 45.7 Å². The van der Waals surface area contributed by atoms with Gasteiger partial charge in [0.25, 0.3) is 5.91 Å². The van der Waals surface area contributed by atoms with Crippen molar-refractivity contribution < 1.29 is 9.32 Å². The van der Waals surface area contributed by atoms with Gasteiger partial charge in [0.1, 0.15) is 0 Å². The lowest BCUT2D eigenvalue weighted by Gasteiger charge is -2.14. The van der Waals surface area contributed by atoms with Crippen molar-refractivity contribution in [2.75, 3.05) is 0 Å². The Labute approximate surface area is 159 Å². The number of carbonyl (C=O) groups is 1. The molecule has 5 rings (SSSR count). The molecular formula is C20H17N5O3. The number of hydrogen-bond donors (Lipinski definition) is 3. The van der Waals surface area contributed by atoms with Gasteiger partial charge in [0.2, 0.25) is 11.7 Å². The van der Waals surface area contributed by atoms with Crippen molar-refractivity contribution in [3.8, 4) is 11.4 Å². The number of benzene rings is 2. The summed E-state index contributed by atoms with van der Waals surface area (Å²) >= 11 is 0. The predicted octanol–water partition coefficient (Wildman–Crippen LogP) is 2.63. The number of carbonyl (C=O) groups excluding carboxylic acids is 1. The zero-order valence-electron chi connectivity index (χ0n) is 15.1. The van der Waals surface area contributed by atoms with Crippen LogP contribution in [-0.2, 0) is 6.42 Å². The van der Waals surface area contributed by atoms with Gasteiger partial charge in [0, 0.05) is 18.1 Å². The number of hydrogen-bond acceptors (Lipinski definition) is 5. The second kappa shape index (κ2) is 6.19. The van der Waals surface area contributed by atoms with Gasteiger partial charge in [-0.2, -0.15) is 4.98 Å². The minimum Gasteiger partial charge on any atom is -0.345 e. The lowest BCUT2D eigenvalue weighted by Crippen LogP contribution is -2.27. The molecule has 2 heterocycles. The van der Waals surface area contributed by atoms with Crippen LogP contribution in [-0.4, -0.2) is 26.0 Å². The van der Waals surface area contributed by atoms with E-state index in [2.05, 4.69) is 31.5 Å². The molecule has 4 aromatic rings. The molecule has 0 spiro atoms. The quantitative estimate of drug-likeness (QED) is 0.509. The topological polar surface area (TPSA) is 117 Å². The first-order valence-electron chi connectivity index (χ1n) is 9.03. The van der Waals surface area contributed by atoms with Gasteiger partial charge in [-0.25, -0.2) is 4.79 Å². The summed E-state index contributed by atoms with van der Waals surface area (Å²) in [4.78, 5) is 33.7. The number of nitrogens with one attached hydrogen (secondary N) is 3. The largest absolute Gasteiger partial charge is 0.345 e. The fourth-order valence-corrected chi connectivity index (χ4v) is 3.74. The van der Waals surface area contributed by atoms with Crippen molar-refractivity contribution in [2.24, 2.45) is 0 Å². The number of aryl methyl sites for hydroxylation is 2. The molecule has 1 aliphatic rings. The first kappa shape index (κ1) is 16.5. The minimum absolute atomic E-state index is 0.0514. The molecule has 0 bridgehead atoms. The molecule has 0 unspecified atom stereocenters. The third kappa shape index (κ3) is 2.79. The second-order valence-electron chi connectivity index (χ2n) is 6.95. The number of imidazole rings is 1. The van der Waals surface area contributed by atoms with Gasteiger partial charge >= 0.3 is 5.69 Å². The minimum atomic E-state index is -0.287. The fraction of sp³-hybridized carbons (Fsp3) is 0.200. The molecule has 28 heavy (non-hydrogen) atoms. The molecule has 1 atom stereocenters. The van der Waals surface area contributed by atoms with Crippen molar-refractivity contribution in [3.63, 3.8) is 0 Å². The molecule has 0 radical (unpaired) electrons. The molecule has 8 nitrogen and oxygen atoms in total. The third-order valence-corrected chi connectivity index (χ3v) is 5.09. The van der Waals surface area contributed by atoms with Gasteiger partial charge in [-0.05, 0) is 48.2 Å². The highest BCUT2D eigenvalue weighted by molar-refractivity contribution is 5.97. The zero-order valence-corrected chi connectivity index (χ0v) is 15.1. The number of aromatic nitrogens is 4. The molecule has 2 aromatic heterocycles. The third-order valence-electron chi connectivity index (χ3n) is 5.09. The van der Waals surface area contributed by atoms with Gasteiger partial charge in [-0.1, -0.05) is 17.3 Å². The zero-order chi connectivity index (χ0) is 19.3. The van der Waals surface area contributed by atoms with Crippen LogP contribution < -0.4 is 11.0 Å². The molecule has 2 aromatic carbocycles. The van der Waals surface area contributed by atoms with E-state index in [4.69, 9.17) is 4.52 Å². The summed E-state index contributed by atoms with van der Waals surface area (Å²) in [5.74, 6) is 0.933. The molecule has 1 aliphatic carbocycles. The van der Waals surface area contributed by atoms with E-state index in [0.717, 1.165) is 24.0 Å². The number of rotatable bonds is 3. The van der Waals surface area contributed by atoms with Crippen molar-refractivity contribution >= 4 is 16.9 Å². The number of amides is 1. The lowest BCUT2D eigenvalue weighted by atomic mass is 10.0. The summed E-state index contributed by atoms with van der Waals surface area (Å²) in [7, 11) is 0. The molecule has 140 valence electrons. The second-order valence-corrected chi connectivity index (χ2v) is 6.95. The van der Waals surface area contributed by atoms with Crippen LogP contribution >= 0.6 is 0 Å². The van der Waals surface area contributed by atoms with E-state index in [9.17, 15) is 9.59 Å². The van der Waals surface area contributed by atoms with E-state index >= 15 is 0 Å². The average Bonchev–Trinajstić information content (AvgIpc) is 3.38. The molecule has 0 saturated heterocycles. The van der Waals surface area contributed by atoms with Crippen LogP contribution in [0.4, 0.5) is 0 Å². The highest BCUT2D eigenvalue weighted by Crippen LogP contribution is 2.34. The Morgan fingerprint density at radius 1 is 1.18 bits per heavy atom. The van der Waals surface area contributed by atoms with Crippen molar-refractivity contribution in [1.29, 1.82) is 0 Å². The van der Waals surface area contributed by atoms with E-state index in [-0.39, 0.29) is 17.6 Å². The van der Waals surface area contributed by atoms with Crippen LogP contribution in [0.25, 0.3) is 22.4 Å². The fourth-order valence-electron chi connectivity index (χ4n) is 3.74. The molecule has 0 fully saturated rings. The Bertz CT molecular complexity index is 1270. The van der Waals surface area contributed by atoms with Crippen LogP contribution in [0.1, 0.15) is 39.8 Å². The maximum absolute atomic E-state index is 12.7. The maximum Gasteiger partial charge on any atom is 0.323 e. The Morgan fingerprint density at radius 2 is 2.04 bits per heavy atom. The highest BCUT2D eigenvalue weighted by Gasteiger charge is 2.25. The summed E-state index contributed by atoms with van der Waals surface area (Å²) in [6.45, 7) is 1.76. The molecule has 1 amide bonds. The molecule has 0 saturated carbocycles. The Kier molecular flexibility index (Phi) is 3.65. The summed E-state index contributed by atoms with van der Waals surface area (Å²) in [6, 6.07) is 11.1. The SMILES string of the molecule is Cc1nc(-c2ccc3c(c2)CC[C@H]3NC(=O)c2ccc3[nH]c(=O)[nH]c3c2)no1. The van der Waals surface area contributed by atoms with Crippen LogP contribution in [0.5, 0.6) is 0 Å².